The summed E-state index contributed by atoms with van der Waals surface area (Å²) in [5.41, 5.74) is 2.44. The van der Waals surface area contributed by atoms with E-state index in [1.54, 1.807) is 25.7 Å². The van der Waals surface area contributed by atoms with Gasteiger partial charge in [-0.2, -0.15) is 0 Å². The SMILES string of the molecule is CCN1C(=O)/C(=c2\sc3n(c2=O)[C@@H](c2cccs2)C(C(=O)OC(C)C)=C(C)N=3)c2ccccc21. The maximum absolute atomic E-state index is 13.9. The topological polar surface area (TPSA) is 81.0 Å². The number of anilines is 1. The molecule has 0 aliphatic carbocycles. The number of benzene rings is 1. The fourth-order valence-corrected chi connectivity index (χ4v) is 6.40. The first-order valence-corrected chi connectivity index (χ1v) is 12.7. The van der Waals surface area contributed by atoms with Crippen LogP contribution in [0.4, 0.5) is 5.69 Å². The Hall–Kier alpha value is -3.30. The van der Waals surface area contributed by atoms with Gasteiger partial charge in [-0.25, -0.2) is 9.79 Å². The number of amides is 1. The quantitative estimate of drug-likeness (QED) is 0.524. The van der Waals surface area contributed by atoms with Gasteiger partial charge in [-0.05, 0) is 45.2 Å². The van der Waals surface area contributed by atoms with Gasteiger partial charge in [0.05, 0.1) is 28.6 Å². The number of hydrogen-bond donors (Lipinski definition) is 0. The monoisotopic (exact) mass is 493 g/mol. The summed E-state index contributed by atoms with van der Waals surface area (Å²) in [4.78, 5) is 47.9. The molecule has 0 fully saturated rings. The van der Waals surface area contributed by atoms with Crippen molar-refractivity contribution in [2.75, 3.05) is 11.4 Å². The summed E-state index contributed by atoms with van der Waals surface area (Å²) in [6, 6.07) is 10.6. The lowest BCUT2D eigenvalue weighted by atomic mass is 10.0. The second-order valence-electron chi connectivity index (χ2n) is 8.31. The number of likely N-dealkylation sites (N-methyl/N-ethyl adjacent to an activating group) is 1. The van der Waals surface area contributed by atoms with Crippen molar-refractivity contribution in [3.8, 4) is 0 Å². The number of esters is 1. The van der Waals surface area contributed by atoms with Crippen molar-refractivity contribution >= 4 is 45.8 Å². The van der Waals surface area contributed by atoms with Gasteiger partial charge in [0.25, 0.3) is 11.5 Å². The highest BCUT2D eigenvalue weighted by Gasteiger charge is 2.37. The van der Waals surface area contributed by atoms with Crippen molar-refractivity contribution in [1.29, 1.82) is 0 Å². The molecule has 34 heavy (non-hydrogen) atoms. The van der Waals surface area contributed by atoms with E-state index in [-0.39, 0.29) is 17.6 Å². The van der Waals surface area contributed by atoms with Crippen molar-refractivity contribution in [2.45, 2.75) is 39.8 Å². The molecule has 0 saturated carbocycles. The molecule has 7 nitrogen and oxygen atoms in total. The Bertz CT molecular complexity index is 1530. The van der Waals surface area contributed by atoms with Crippen molar-refractivity contribution in [1.82, 2.24) is 4.57 Å². The molecule has 2 aliphatic heterocycles. The van der Waals surface area contributed by atoms with Crippen LogP contribution in [0.1, 0.15) is 44.2 Å². The van der Waals surface area contributed by atoms with Crippen LogP contribution in [0.15, 0.2) is 62.8 Å². The third-order valence-corrected chi connectivity index (χ3v) is 7.82. The van der Waals surface area contributed by atoms with Crippen LogP contribution in [-0.2, 0) is 14.3 Å². The highest BCUT2D eigenvalue weighted by Crippen LogP contribution is 2.36. The fraction of sp³-hybridized carbons (Fsp3) is 0.280. The summed E-state index contributed by atoms with van der Waals surface area (Å²) in [6.07, 6.45) is -0.309. The molecule has 5 rings (SSSR count). The Morgan fingerprint density at radius 1 is 1.18 bits per heavy atom. The van der Waals surface area contributed by atoms with Crippen LogP contribution in [0.5, 0.6) is 0 Å². The molecule has 9 heteroatoms. The van der Waals surface area contributed by atoms with Gasteiger partial charge in [0, 0.05) is 17.0 Å². The molecule has 0 spiro atoms. The van der Waals surface area contributed by atoms with Crippen molar-refractivity contribution < 1.29 is 14.3 Å². The molecule has 3 aromatic rings. The van der Waals surface area contributed by atoms with E-state index in [4.69, 9.17) is 4.74 Å². The minimum atomic E-state index is -0.661. The van der Waals surface area contributed by atoms with Crippen LogP contribution in [0, 0.1) is 0 Å². The largest absolute Gasteiger partial charge is 0.459 e. The molecule has 0 saturated heterocycles. The number of rotatable bonds is 4. The first-order chi connectivity index (χ1) is 16.3. The molecular weight excluding hydrogens is 470 g/mol. The summed E-state index contributed by atoms with van der Waals surface area (Å²) in [5, 5.41) is 1.91. The molecular formula is C25H23N3O4S2. The maximum Gasteiger partial charge on any atom is 0.338 e. The molecule has 0 radical (unpaired) electrons. The lowest BCUT2D eigenvalue weighted by Crippen LogP contribution is -2.40. The van der Waals surface area contributed by atoms with E-state index in [2.05, 4.69) is 4.99 Å². The summed E-state index contributed by atoms with van der Waals surface area (Å²) in [5.74, 6) is -0.691. The van der Waals surface area contributed by atoms with E-state index in [0.717, 1.165) is 16.1 Å². The standard InChI is InChI=1S/C25H23N3O4S2/c1-5-27-16-10-7-6-9-15(16)19(22(27)29)21-23(30)28-20(17-11-8-12-33-17)18(24(31)32-13(2)3)14(4)26-25(28)34-21/h6-13,20H,5H2,1-4H3/b21-19-/t20-/m0/s1. The Labute approximate surface area is 203 Å². The van der Waals surface area contributed by atoms with Crippen molar-refractivity contribution in [3.05, 3.63) is 83.2 Å². The van der Waals surface area contributed by atoms with Crippen molar-refractivity contribution in [3.63, 3.8) is 0 Å². The highest BCUT2D eigenvalue weighted by molar-refractivity contribution is 7.10. The van der Waals surface area contributed by atoms with Gasteiger partial charge in [-0.1, -0.05) is 35.6 Å². The molecule has 2 aliphatic rings. The van der Waals surface area contributed by atoms with Crippen LogP contribution in [0.3, 0.4) is 0 Å². The second-order valence-corrected chi connectivity index (χ2v) is 10.3. The first-order valence-electron chi connectivity index (χ1n) is 11.0. The van der Waals surface area contributed by atoms with E-state index in [1.807, 2.05) is 48.7 Å². The minimum Gasteiger partial charge on any atom is -0.459 e. The molecule has 174 valence electrons. The number of allylic oxidation sites excluding steroid dienone is 1. The number of carbonyl (C=O) groups is 2. The summed E-state index contributed by atoms with van der Waals surface area (Å²) in [7, 11) is 0. The average molecular weight is 494 g/mol. The Kier molecular flexibility index (Phi) is 5.61. The Balaban J connectivity index is 1.80. The molecule has 4 heterocycles. The van der Waals surface area contributed by atoms with E-state index in [1.165, 1.54) is 27.2 Å². The Morgan fingerprint density at radius 3 is 2.62 bits per heavy atom. The lowest BCUT2D eigenvalue weighted by molar-refractivity contribution is -0.143. The van der Waals surface area contributed by atoms with Crippen LogP contribution in [0.25, 0.3) is 5.57 Å². The molecule has 1 amide bonds. The average Bonchev–Trinajstić information content (AvgIpc) is 3.49. The summed E-state index contributed by atoms with van der Waals surface area (Å²) < 4.78 is 7.38. The number of ether oxygens (including phenoxy) is 1. The summed E-state index contributed by atoms with van der Waals surface area (Å²) in [6.45, 7) is 7.74. The van der Waals surface area contributed by atoms with E-state index < -0.39 is 12.0 Å². The molecule has 0 N–H and O–H groups in total. The zero-order valence-electron chi connectivity index (χ0n) is 19.2. The number of hydrogen-bond acceptors (Lipinski definition) is 7. The smallest absolute Gasteiger partial charge is 0.338 e. The van der Waals surface area contributed by atoms with Gasteiger partial charge in [0.1, 0.15) is 10.6 Å². The van der Waals surface area contributed by atoms with E-state index in [0.29, 0.717) is 32.7 Å². The zero-order valence-corrected chi connectivity index (χ0v) is 20.8. The third kappa shape index (κ3) is 3.38. The maximum atomic E-state index is 13.9. The number of thiazole rings is 1. The van der Waals surface area contributed by atoms with Crippen LogP contribution in [0.2, 0.25) is 0 Å². The normalized spacial score (nSPS) is 18.8. The number of fused-ring (bicyclic) bond motifs is 2. The highest BCUT2D eigenvalue weighted by atomic mass is 32.1. The number of aromatic nitrogens is 1. The number of carbonyl (C=O) groups excluding carboxylic acids is 2. The van der Waals surface area contributed by atoms with Gasteiger partial charge in [-0.15, -0.1) is 11.3 Å². The zero-order chi connectivity index (χ0) is 24.1. The van der Waals surface area contributed by atoms with Gasteiger partial charge in [0.2, 0.25) is 0 Å². The van der Waals surface area contributed by atoms with E-state index in [9.17, 15) is 14.4 Å². The third-order valence-electron chi connectivity index (χ3n) is 5.84. The van der Waals surface area contributed by atoms with Gasteiger partial charge < -0.3 is 9.64 Å². The predicted molar refractivity (Wildman–Crippen MR) is 133 cm³/mol. The molecule has 1 atom stereocenters. The van der Waals surface area contributed by atoms with Gasteiger partial charge in [-0.3, -0.25) is 14.2 Å². The molecule has 1 aromatic carbocycles. The second kappa shape index (κ2) is 8.48. The number of nitrogens with zero attached hydrogens (tertiary/aromatic N) is 3. The van der Waals surface area contributed by atoms with Gasteiger partial charge in [0.15, 0.2) is 4.80 Å². The summed E-state index contributed by atoms with van der Waals surface area (Å²) >= 11 is 2.65. The van der Waals surface area contributed by atoms with Gasteiger partial charge >= 0.3 is 5.97 Å². The fourth-order valence-electron chi connectivity index (χ4n) is 4.44. The molecule has 2 aromatic heterocycles. The van der Waals surface area contributed by atoms with Crippen molar-refractivity contribution in [2.24, 2.45) is 4.99 Å². The number of para-hydroxylation sites is 1. The number of thiophene rings is 1. The van der Waals surface area contributed by atoms with Crippen LogP contribution in [-0.4, -0.2) is 29.1 Å². The predicted octanol–water partition coefficient (Wildman–Crippen LogP) is 2.99. The lowest BCUT2D eigenvalue weighted by Gasteiger charge is -2.24. The van der Waals surface area contributed by atoms with Crippen LogP contribution >= 0.6 is 22.7 Å². The first kappa shape index (κ1) is 22.5. The van der Waals surface area contributed by atoms with Crippen LogP contribution < -0.4 is 19.8 Å². The van der Waals surface area contributed by atoms with E-state index >= 15 is 0 Å². The molecule has 0 bridgehead atoms. The minimum absolute atomic E-state index is 0.197. The Morgan fingerprint density at radius 2 is 1.94 bits per heavy atom. The molecule has 0 unspecified atom stereocenters.